The lowest BCUT2D eigenvalue weighted by Crippen LogP contribution is -2.29. The van der Waals surface area contributed by atoms with E-state index in [1.807, 2.05) is 26.0 Å². The number of rotatable bonds is 12. The van der Waals surface area contributed by atoms with E-state index in [4.69, 9.17) is 4.74 Å². The zero-order valence-corrected chi connectivity index (χ0v) is 18.4. The van der Waals surface area contributed by atoms with Crippen molar-refractivity contribution in [2.24, 2.45) is 0 Å². The van der Waals surface area contributed by atoms with E-state index in [1.54, 1.807) is 5.38 Å². The normalized spacial score (nSPS) is 10.6. The van der Waals surface area contributed by atoms with Crippen molar-refractivity contribution < 1.29 is 14.3 Å². The third kappa shape index (κ3) is 8.64. The largest absolute Gasteiger partial charge is 0.486 e. The lowest BCUT2D eigenvalue weighted by Gasteiger charge is -2.07. The number of carbonyl (C=O) groups is 2. The molecule has 0 spiro atoms. The van der Waals surface area contributed by atoms with Crippen molar-refractivity contribution in [3.8, 4) is 5.75 Å². The molecule has 1 aromatic heterocycles. The molecule has 0 saturated carbocycles. The quantitative estimate of drug-likeness (QED) is 0.508. The summed E-state index contributed by atoms with van der Waals surface area (Å²) in [5.74, 6) is 0.686. The summed E-state index contributed by atoms with van der Waals surface area (Å²) in [5.41, 5.74) is 2.70. The number of nitrogens with one attached hydrogen (secondary N) is 2. The Kier molecular flexibility index (Phi) is 9.64. The van der Waals surface area contributed by atoms with Gasteiger partial charge in [-0.25, -0.2) is 4.98 Å². The van der Waals surface area contributed by atoms with Gasteiger partial charge in [0.2, 0.25) is 5.91 Å². The monoisotopic (exact) mass is 417 g/mol. The molecule has 7 heteroatoms. The van der Waals surface area contributed by atoms with Crippen LogP contribution in [0.25, 0.3) is 0 Å². The molecule has 0 radical (unpaired) electrons. The van der Waals surface area contributed by atoms with Gasteiger partial charge in [-0.3, -0.25) is 9.59 Å². The molecule has 0 aliphatic heterocycles. The standard InChI is InChI=1S/C22H31N3O3S/c1-4-5-6-8-20(26)23-9-7-10-24-22(27)19-15-29-21(25-19)14-28-18-12-16(2)11-17(3)13-18/h11-13,15H,4-10,14H2,1-3H3,(H,23,26)(H,24,27). The van der Waals surface area contributed by atoms with E-state index in [0.717, 1.165) is 41.1 Å². The molecule has 2 aromatic rings. The van der Waals surface area contributed by atoms with Gasteiger partial charge in [0, 0.05) is 24.9 Å². The number of ether oxygens (including phenoxy) is 1. The van der Waals surface area contributed by atoms with Crippen molar-refractivity contribution in [1.82, 2.24) is 15.6 Å². The summed E-state index contributed by atoms with van der Waals surface area (Å²) in [6.07, 6.45) is 4.38. The SMILES string of the molecule is CCCCCC(=O)NCCCNC(=O)c1csc(COc2cc(C)cc(C)c2)n1. The van der Waals surface area contributed by atoms with Gasteiger partial charge in [0.05, 0.1) is 0 Å². The molecule has 2 N–H and O–H groups in total. The predicted molar refractivity (Wildman–Crippen MR) is 116 cm³/mol. The van der Waals surface area contributed by atoms with Crippen molar-refractivity contribution in [1.29, 1.82) is 0 Å². The van der Waals surface area contributed by atoms with Crippen LogP contribution in [-0.4, -0.2) is 29.9 Å². The molecule has 0 atom stereocenters. The summed E-state index contributed by atoms with van der Waals surface area (Å²) in [5, 5.41) is 8.22. The maximum atomic E-state index is 12.2. The Bertz CT molecular complexity index is 784. The highest BCUT2D eigenvalue weighted by Gasteiger charge is 2.11. The van der Waals surface area contributed by atoms with Crippen LogP contribution in [0.1, 0.15) is 65.7 Å². The molecule has 0 saturated heterocycles. The van der Waals surface area contributed by atoms with Gasteiger partial charge in [-0.1, -0.05) is 25.8 Å². The molecule has 0 fully saturated rings. The summed E-state index contributed by atoms with van der Waals surface area (Å²) in [4.78, 5) is 28.2. The minimum atomic E-state index is -0.201. The van der Waals surface area contributed by atoms with Gasteiger partial charge in [-0.05, 0) is 49.9 Å². The summed E-state index contributed by atoms with van der Waals surface area (Å²) in [6.45, 7) is 7.58. The Balaban J connectivity index is 1.66. The van der Waals surface area contributed by atoms with Crippen LogP contribution in [-0.2, 0) is 11.4 Å². The molecule has 0 aliphatic rings. The van der Waals surface area contributed by atoms with E-state index < -0.39 is 0 Å². The minimum Gasteiger partial charge on any atom is -0.486 e. The van der Waals surface area contributed by atoms with Crippen LogP contribution in [0, 0.1) is 13.8 Å². The zero-order chi connectivity index (χ0) is 21.1. The van der Waals surface area contributed by atoms with E-state index in [2.05, 4.69) is 28.6 Å². The predicted octanol–water partition coefficient (Wildman–Crippen LogP) is 4.16. The minimum absolute atomic E-state index is 0.0812. The summed E-state index contributed by atoms with van der Waals surface area (Å²) < 4.78 is 5.79. The topological polar surface area (TPSA) is 80.3 Å². The number of hydrogen-bond acceptors (Lipinski definition) is 5. The fourth-order valence-electron chi connectivity index (χ4n) is 2.88. The van der Waals surface area contributed by atoms with Crippen molar-refractivity contribution >= 4 is 23.2 Å². The van der Waals surface area contributed by atoms with E-state index in [9.17, 15) is 9.59 Å². The highest BCUT2D eigenvalue weighted by Crippen LogP contribution is 2.19. The van der Waals surface area contributed by atoms with E-state index >= 15 is 0 Å². The van der Waals surface area contributed by atoms with Crippen molar-refractivity contribution in [2.75, 3.05) is 13.1 Å². The molecule has 2 amide bonds. The maximum Gasteiger partial charge on any atom is 0.270 e. The van der Waals surface area contributed by atoms with Crippen LogP contribution < -0.4 is 15.4 Å². The first-order valence-electron chi connectivity index (χ1n) is 10.2. The second kappa shape index (κ2) is 12.2. The number of unbranched alkanes of at least 4 members (excludes halogenated alkanes) is 2. The fraction of sp³-hybridized carbons (Fsp3) is 0.500. The smallest absolute Gasteiger partial charge is 0.270 e. The second-order valence-electron chi connectivity index (χ2n) is 7.16. The second-order valence-corrected chi connectivity index (χ2v) is 8.10. The van der Waals surface area contributed by atoms with Crippen molar-refractivity contribution in [3.63, 3.8) is 0 Å². The van der Waals surface area contributed by atoms with Crippen LogP contribution in [0.5, 0.6) is 5.75 Å². The number of amides is 2. The van der Waals surface area contributed by atoms with E-state index in [1.165, 1.54) is 11.3 Å². The number of nitrogens with zero attached hydrogens (tertiary/aromatic N) is 1. The van der Waals surface area contributed by atoms with Gasteiger partial charge in [-0.2, -0.15) is 0 Å². The highest BCUT2D eigenvalue weighted by molar-refractivity contribution is 7.09. The molecular weight excluding hydrogens is 386 g/mol. The van der Waals surface area contributed by atoms with Crippen LogP contribution >= 0.6 is 11.3 Å². The molecule has 0 unspecified atom stereocenters. The number of carbonyl (C=O) groups excluding carboxylic acids is 2. The van der Waals surface area contributed by atoms with E-state index in [-0.39, 0.29) is 11.8 Å². The van der Waals surface area contributed by atoms with Gasteiger partial charge in [0.25, 0.3) is 5.91 Å². The van der Waals surface area contributed by atoms with Gasteiger partial charge in [0.15, 0.2) is 0 Å². The molecule has 1 heterocycles. The van der Waals surface area contributed by atoms with E-state index in [0.29, 0.717) is 38.2 Å². The average molecular weight is 418 g/mol. The first kappa shape index (κ1) is 22.9. The number of hydrogen-bond donors (Lipinski definition) is 2. The van der Waals surface area contributed by atoms with Gasteiger partial charge >= 0.3 is 0 Å². The first-order chi connectivity index (χ1) is 14.0. The van der Waals surface area contributed by atoms with Crippen molar-refractivity contribution in [3.05, 3.63) is 45.4 Å². The molecule has 6 nitrogen and oxygen atoms in total. The number of benzene rings is 1. The maximum absolute atomic E-state index is 12.2. The Morgan fingerprint density at radius 1 is 1.03 bits per heavy atom. The lowest BCUT2D eigenvalue weighted by atomic mass is 10.1. The van der Waals surface area contributed by atoms with Crippen LogP contribution in [0.4, 0.5) is 0 Å². The fourth-order valence-corrected chi connectivity index (χ4v) is 3.56. The number of aryl methyl sites for hydroxylation is 2. The van der Waals surface area contributed by atoms with Crippen molar-refractivity contribution in [2.45, 2.75) is 59.5 Å². The Morgan fingerprint density at radius 3 is 2.48 bits per heavy atom. The first-order valence-corrected chi connectivity index (χ1v) is 11.1. The summed E-state index contributed by atoms with van der Waals surface area (Å²) in [6, 6.07) is 6.06. The molecule has 158 valence electrons. The Morgan fingerprint density at radius 2 is 1.76 bits per heavy atom. The Labute approximate surface area is 177 Å². The molecule has 0 bridgehead atoms. The molecular formula is C22H31N3O3S. The Hall–Kier alpha value is -2.41. The third-order valence-electron chi connectivity index (χ3n) is 4.31. The van der Waals surface area contributed by atoms with Gasteiger partial charge in [0.1, 0.15) is 23.1 Å². The molecule has 2 rings (SSSR count). The molecule has 29 heavy (non-hydrogen) atoms. The summed E-state index contributed by atoms with van der Waals surface area (Å²) in [7, 11) is 0. The average Bonchev–Trinajstić information content (AvgIpc) is 3.14. The van der Waals surface area contributed by atoms with Crippen LogP contribution in [0.2, 0.25) is 0 Å². The zero-order valence-electron chi connectivity index (χ0n) is 17.5. The number of thiazole rings is 1. The number of aromatic nitrogens is 1. The lowest BCUT2D eigenvalue weighted by molar-refractivity contribution is -0.121. The van der Waals surface area contributed by atoms with Crippen LogP contribution in [0.3, 0.4) is 0 Å². The molecule has 0 aliphatic carbocycles. The summed E-state index contributed by atoms with van der Waals surface area (Å²) >= 11 is 1.41. The third-order valence-corrected chi connectivity index (χ3v) is 5.13. The highest BCUT2D eigenvalue weighted by atomic mass is 32.1. The van der Waals surface area contributed by atoms with Gasteiger partial charge < -0.3 is 15.4 Å². The van der Waals surface area contributed by atoms with Gasteiger partial charge in [-0.15, -0.1) is 11.3 Å². The molecule has 1 aromatic carbocycles. The van der Waals surface area contributed by atoms with Crippen LogP contribution in [0.15, 0.2) is 23.6 Å².